The zero-order chi connectivity index (χ0) is 20.1. The van der Waals surface area contributed by atoms with Crippen LogP contribution in [0.15, 0.2) is 18.2 Å². The van der Waals surface area contributed by atoms with Crippen molar-refractivity contribution in [2.45, 2.75) is 57.1 Å². The Kier molecular flexibility index (Phi) is 6.88. The quantitative estimate of drug-likeness (QED) is 0.807. The minimum atomic E-state index is -0.739. The number of hydrogen-bond acceptors (Lipinski definition) is 4. The highest BCUT2D eigenvalue weighted by Gasteiger charge is 2.36. The molecule has 2 fully saturated rings. The highest BCUT2D eigenvalue weighted by atomic mass is 19.1. The van der Waals surface area contributed by atoms with E-state index < -0.39 is 11.6 Å². The Hall–Kier alpha value is -2.15. The molecule has 1 aliphatic heterocycles. The number of carbonyl (C=O) groups is 2. The number of likely N-dealkylation sites (tertiary alicyclic amines) is 1. The van der Waals surface area contributed by atoms with Gasteiger partial charge in [-0.15, -0.1) is 0 Å². The third kappa shape index (κ3) is 5.01. The molecular formula is C21H29FN2O4. The number of nitrogens with zero attached hydrogens (tertiary/aromatic N) is 1. The lowest BCUT2D eigenvalue weighted by Crippen LogP contribution is -2.51. The van der Waals surface area contributed by atoms with E-state index in [0.29, 0.717) is 18.4 Å². The minimum Gasteiger partial charge on any atom is -0.505 e. The van der Waals surface area contributed by atoms with Crippen molar-refractivity contribution in [2.75, 3.05) is 20.2 Å². The van der Waals surface area contributed by atoms with Gasteiger partial charge in [0.1, 0.15) is 0 Å². The van der Waals surface area contributed by atoms with Gasteiger partial charge in [0.05, 0.1) is 18.6 Å². The Morgan fingerprint density at radius 2 is 2.00 bits per heavy atom. The van der Waals surface area contributed by atoms with Crippen LogP contribution >= 0.6 is 0 Å². The van der Waals surface area contributed by atoms with Crippen molar-refractivity contribution in [3.8, 4) is 5.75 Å². The Labute approximate surface area is 165 Å². The molecule has 28 heavy (non-hydrogen) atoms. The Morgan fingerprint density at radius 3 is 2.68 bits per heavy atom. The van der Waals surface area contributed by atoms with E-state index in [0.717, 1.165) is 38.4 Å². The summed E-state index contributed by atoms with van der Waals surface area (Å²) >= 11 is 0. The third-order valence-corrected chi connectivity index (χ3v) is 5.83. The minimum absolute atomic E-state index is 0.0280. The van der Waals surface area contributed by atoms with E-state index in [2.05, 4.69) is 5.32 Å². The van der Waals surface area contributed by atoms with Crippen molar-refractivity contribution in [2.24, 2.45) is 5.92 Å². The summed E-state index contributed by atoms with van der Waals surface area (Å²) in [5, 5.41) is 12.2. The molecule has 154 valence electrons. The van der Waals surface area contributed by atoms with Gasteiger partial charge in [-0.25, -0.2) is 4.39 Å². The van der Waals surface area contributed by atoms with E-state index in [1.165, 1.54) is 18.6 Å². The molecule has 1 aromatic rings. The average molecular weight is 392 g/mol. The van der Waals surface area contributed by atoms with Crippen molar-refractivity contribution in [3.63, 3.8) is 0 Å². The van der Waals surface area contributed by atoms with Gasteiger partial charge >= 0.3 is 0 Å². The summed E-state index contributed by atoms with van der Waals surface area (Å²) < 4.78 is 19.0. The van der Waals surface area contributed by atoms with E-state index in [1.54, 1.807) is 7.11 Å². The number of carbonyl (C=O) groups excluding carboxylic acids is 2. The highest BCUT2D eigenvalue weighted by Crippen LogP contribution is 2.29. The van der Waals surface area contributed by atoms with Crippen molar-refractivity contribution in [3.05, 3.63) is 29.6 Å². The molecule has 6 nitrogen and oxygen atoms in total. The third-order valence-electron chi connectivity index (χ3n) is 5.83. The molecule has 1 aromatic carbocycles. The van der Waals surface area contributed by atoms with Crippen molar-refractivity contribution < 1.29 is 23.8 Å². The number of phenolic OH excluding ortho intramolecular Hbond substituents is 1. The van der Waals surface area contributed by atoms with E-state index in [-0.39, 0.29) is 36.3 Å². The maximum absolute atomic E-state index is 13.4. The van der Waals surface area contributed by atoms with Gasteiger partial charge in [-0.2, -0.15) is 0 Å². The molecule has 0 aromatic heterocycles. The van der Waals surface area contributed by atoms with Crippen LogP contribution in [0.1, 0.15) is 44.1 Å². The fraction of sp³-hybridized carbons (Fsp3) is 0.619. The number of nitrogens with one attached hydrogen (secondary N) is 1. The van der Waals surface area contributed by atoms with E-state index in [4.69, 9.17) is 4.74 Å². The number of hydrogen-bond donors (Lipinski definition) is 2. The average Bonchev–Trinajstić information content (AvgIpc) is 2.71. The zero-order valence-corrected chi connectivity index (χ0v) is 16.3. The number of aromatic hydroxyl groups is 1. The van der Waals surface area contributed by atoms with Crippen molar-refractivity contribution in [1.82, 2.24) is 10.2 Å². The van der Waals surface area contributed by atoms with Crippen LogP contribution in [0, 0.1) is 11.7 Å². The Morgan fingerprint density at radius 1 is 1.25 bits per heavy atom. The first kappa shape index (κ1) is 20.6. The van der Waals surface area contributed by atoms with Gasteiger partial charge in [-0.3, -0.25) is 9.59 Å². The number of phenols is 1. The molecule has 2 amide bonds. The molecule has 3 atom stereocenters. The molecular weight excluding hydrogens is 363 g/mol. The predicted octanol–water partition coefficient (Wildman–Crippen LogP) is 2.39. The Bertz CT molecular complexity index is 706. The second-order valence-corrected chi connectivity index (χ2v) is 7.81. The van der Waals surface area contributed by atoms with Crippen LogP contribution in [0.4, 0.5) is 4.39 Å². The number of amides is 2. The topological polar surface area (TPSA) is 78.9 Å². The van der Waals surface area contributed by atoms with Crippen molar-refractivity contribution in [1.29, 1.82) is 0 Å². The molecule has 0 radical (unpaired) electrons. The van der Waals surface area contributed by atoms with Crippen LogP contribution in [0.2, 0.25) is 0 Å². The van der Waals surface area contributed by atoms with E-state index in [9.17, 15) is 19.1 Å². The molecule has 3 rings (SSSR count). The van der Waals surface area contributed by atoms with Crippen LogP contribution < -0.4 is 5.32 Å². The number of piperidine rings is 1. The molecule has 2 N–H and O–H groups in total. The van der Waals surface area contributed by atoms with Crippen LogP contribution in [-0.4, -0.2) is 54.2 Å². The lowest BCUT2D eigenvalue weighted by molar-refractivity contribution is -0.139. The molecule has 0 bridgehead atoms. The molecule has 7 heteroatoms. The molecule has 1 saturated heterocycles. The molecule has 0 unspecified atom stereocenters. The van der Waals surface area contributed by atoms with E-state index >= 15 is 0 Å². The monoisotopic (exact) mass is 392 g/mol. The van der Waals surface area contributed by atoms with Gasteiger partial charge < -0.3 is 20.1 Å². The maximum atomic E-state index is 13.4. The first-order chi connectivity index (χ1) is 13.5. The van der Waals surface area contributed by atoms with Crippen LogP contribution in [0.3, 0.4) is 0 Å². The fourth-order valence-corrected chi connectivity index (χ4v) is 4.26. The van der Waals surface area contributed by atoms with Gasteiger partial charge in [-0.05, 0) is 56.2 Å². The van der Waals surface area contributed by atoms with Crippen LogP contribution in [0.25, 0.3) is 0 Å². The summed E-state index contributed by atoms with van der Waals surface area (Å²) in [5.74, 6) is -1.23. The predicted molar refractivity (Wildman–Crippen MR) is 102 cm³/mol. The largest absolute Gasteiger partial charge is 0.505 e. The highest BCUT2D eigenvalue weighted by molar-refractivity contribution is 5.80. The van der Waals surface area contributed by atoms with Gasteiger partial charge in [0.15, 0.2) is 11.6 Å². The summed E-state index contributed by atoms with van der Waals surface area (Å²) in [5.41, 5.74) is 0.496. The first-order valence-corrected chi connectivity index (χ1v) is 10.1. The number of rotatable bonds is 5. The molecule has 1 aliphatic carbocycles. The molecule has 1 heterocycles. The summed E-state index contributed by atoms with van der Waals surface area (Å²) in [4.78, 5) is 27.1. The molecule has 2 aliphatic rings. The van der Waals surface area contributed by atoms with Gasteiger partial charge in [-0.1, -0.05) is 6.07 Å². The zero-order valence-electron chi connectivity index (χ0n) is 16.3. The second-order valence-electron chi connectivity index (χ2n) is 7.81. The summed E-state index contributed by atoms with van der Waals surface area (Å²) in [6.45, 7) is 1.69. The molecule has 1 saturated carbocycles. The number of halogens is 1. The summed E-state index contributed by atoms with van der Waals surface area (Å²) in [7, 11) is 1.60. The van der Waals surface area contributed by atoms with Crippen molar-refractivity contribution >= 4 is 11.8 Å². The van der Waals surface area contributed by atoms with Gasteiger partial charge in [0.25, 0.3) is 0 Å². The van der Waals surface area contributed by atoms with Crippen LogP contribution in [0.5, 0.6) is 5.75 Å². The lowest BCUT2D eigenvalue weighted by atomic mass is 9.82. The maximum Gasteiger partial charge on any atom is 0.225 e. The fourth-order valence-electron chi connectivity index (χ4n) is 4.26. The number of ether oxygens (including phenoxy) is 1. The smallest absolute Gasteiger partial charge is 0.225 e. The normalized spacial score (nSPS) is 25.4. The van der Waals surface area contributed by atoms with E-state index in [1.807, 2.05) is 4.90 Å². The SMILES string of the molecule is CO[C@H]1C[C@@H](C(=O)N2CCCCC2)CC[C@@H]1NC(=O)Cc1ccc(O)c(F)c1. The number of methoxy groups -OCH3 is 1. The van der Waals surface area contributed by atoms with Gasteiger partial charge in [0.2, 0.25) is 11.8 Å². The molecule has 0 spiro atoms. The lowest BCUT2D eigenvalue weighted by Gasteiger charge is -2.38. The first-order valence-electron chi connectivity index (χ1n) is 10.1. The van der Waals surface area contributed by atoms with Crippen LogP contribution in [-0.2, 0) is 20.7 Å². The summed E-state index contributed by atoms with van der Waals surface area (Å²) in [6, 6.07) is 3.77. The van der Waals surface area contributed by atoms with Gasteiger partial charge in [0, 0.05) is 26.1 Å². The second kappa shape index (κ2) is 9.37. The number of benzene rings is 1. The standard InChI is InChI=1S/C21H29FN2O4/c1-28-19-13-15(21(27)24-9-3-2-4-10-24)6-7-17(19)23-20(26)12-14-5-8-18(25)16(22)11-14/h5,8,11,15,17,19,25H,2-4,6-7,9-10,12-13H2,1H3,(H,23,26)/t15-,17-,19-/m0/s1. The summed E-state index contributed by atoms with van der Waals surface area (Å²) in [6.07, 6.45) is 5.16. The Balaban J connectivity index is 1.54.